The zero-order chi connectivity index (χ0) is 20.6. The summed E-state index contributed by atoms with van der Waals surface area (Å²) in [6, 6.07) is 21.0. The van der Waals surface area contributed by atoms with Crippen molar-refractivity contribution in [3.8, 4) is 5.75 Å². The van der Waals surface area contributed by atoms with Crippen LogP contribution in [0.1, 0.15) is 18.1 Å². The van der Waals surface area contributed by atoms with Gasteiger partial charge in [0.25, 0.3) is 0 Å². The quantitative estimate of drug-likeness (QED) is 0.580. The predicted molar refractivity (Wildman–Crippen MR) is 115 cm³/mol. The van der Waals surface area contributed by atoms with Crippen molar-refractivity contribution in [2.24, 2.45) is 0 Å². The van der Waals surface area contributed by atoms with Crippen LogP contribution >= 0.6 is 0 Å². The summed E-state index contributed by atoms with van der Waals surface area (Å²) in [6.07, 6.45) is 0.232. The molecule has 0 saturated heterocycles. The zero-order valence-corrected chi connectivity index (χ0v) is 16.8. The van der Waals surface area contributed by atoms with Crippen LogP contribution in [-0.2, 0) is 16.0 Å². The van der Waals surface area contributed by atoms with Crippen LogP contribution in [0.15, 0.2) is 66.7 Å². The van der Waals surface area contributed by atoms with E-state index in [1.165, 1.54) is 0 Å². The second kappa shape index (κ2) is 9.73. The Labute approximate surface area is 171 Å². The number of hydrogen-bond donors (Lipinski definition) is 2. The number of carbonyl (C=O) groups excluding carboxylic acids is 2. The maximum atomic E-state index is 12.4. The van der Waals surface area contributed by atoms with E-state index in [0.29, 0.717) is 13.2 Å². The van der Waals surface area contributed by atoms with Crippen LogP contribution < -0.4 is 15.4 Å². The molecule has 0 aliphatic rings. The smallest absolute Gasteiger partial charge is 0.242 e. The van der Waals surface area contributed by atoms with Crippen LogP contribution in [0.3, 0.4) is 0 Å². The molecule has 2 N–H and O–H groups in total. The van der Waals surface area contributed by atoms with Crippen LogP contribution in [0.5, 0.6) is 5.75 Å². The Morgan fingerprint density at radius 1 is 1.00 bits per heavy atom. The lowest BCUT2D eigenvalue weighted by molar-refractivity contribution is -0.128. The number of fused-ring (bicyclic) bond motifs is 1. The fraction of sp³-hybridized carbons (Fsp3) is 0.250. The molecule has 3 aromatic carbocycles. The third-order valence-corrected chi connectivity index (χ3v) is 4.66. The van der Waals surface area contributed by atoms with Crippen molar-refractivity contribution < 1.29 is 14.3 Å². The topological polar surface area (TPSA) is 67.4 Å². The molecule has 0 unspecified atom stereocenters. The normalized spacial score (nSPS) is 11.7. The van der Waals surface area contributed by atoms with Gasteiger partial charge in [-0.3, -0.25) is 9.59 Å². The number of ether oxygens (including phenoxy) is 1. The molecule has 150 valence electrons. The lowest BCUT2D eigenvalue weighted by atomic mass is 10.0. The first-order chi connectivity index (χ1) is 14.0. The van der Waals surface area contributed by atoms with Crippen molar-refractivity contribution in [3.63, 3.8) is 0 Å². The summed E-state index contributed by atoms with van der Waals surface area (Å²) in [4.78, 5) is 24.6. The summed E-state index contributed by atoms with van der Waals surface area (Å²) >= 11 is 0. The van der Waals surface area contributed by atoms with Gasteiger partial charge in [-0.25, -0.2) is 0 Å². The number of benzene rings is 3. The molecule has 0 saturated carbocycles. The molecule has 3 aromatic rings. The highest BCUT2D eigenvalue weighted by Gasteiger charge is 2.16. The second-order valence-corrected chi connectivity index (χ2v) is 7.06. The molecule has 5 nitrogen and oxygen atoms in total. The SMILES string of the molecule is Cc1cccc(OCCNC(=O)[C@H](C)NC(=O)Cc2cccc3ccccc23)c1. The van der Waals surface area contributed by atoms with Gasteiger partial charge in [0.1, 0.15) is 18.4 Å². The van der Waals surface area contributed by atoms with Crippen molar-refractivity contribution in [1.29, 1.82) is 0 Å². The van der Waals surface area contributed by atoms with Crippen molar-refractivity contribution in [2.45, 2.75) is 26.3 Å². The van der Waals surface area contributed by atoms with E-state index in [-0.39, 0.29) is 18.2 Å². The number of amides is 2. The minimum absolute atomic E-state index is 0.181. The fourth-order valence-corrected chi connectivity index (χ4v) is 3.18. The molecule has 0 bridgehead atoms. The van der Waals surface area contributed by atoms with E-state index in [2.05, 4.69) is 10.6 Å². The highest BCUT2D eigenvalue weighted by Crippen LogP contribution is 2.18. The van der Waals surface area contributed by atoms with Crippen molar-refractivity contribution >= 4 is 22.6 Å². The molecule has 0 radical (unpaired) electrons. The van der Waals surface area contributed by atoms with Gasteiger partial charge in [-0.2, -0.15) is 0 Å². The van der Waals surface area contributed by atoms with E-state index in [1.807, 2.05) is 73.7 Å². The minimum Gasteiger partial charge on any atom is -0.492 e. The summed E-state index contributed by atoms with van der Waals surface area (Å²) in [6.45, 7) is 4.41. The minimum atomic E-state index is -0.614. The predicted octanol–water partition coefficient (Wildman–Crippen LogP) is 3.39. The van der Waals surface area contributed by atoms with Crippen LogP contribution in [0.2, 0.25) is 0 Å². The standard InChI is InChI=1S/C24H26N2O3/c1-17-7-5-11-21(15-17)29-14-13-25-24(28)18(2)26-23(27)16-20-10-6-9-19-8-3-4-12-22(19)20/h3-12,15,18H,13-14,16H2,1-2H3,(H,25,28)(H,26,27)/t18-/m0/s1. The van der Waals surface area contributed by atoms with Gasteiger partial charge in [-0.15, -0.1) is 0 Å². The number of rotatable bonds is 8. The van der Waals surface area contributed by atoms with Crippen molar-refractivity contribution in [3.05, 3.63) is 77.9 Å². The third kappa shape index (κ3) is 5.82. The molecule has 3 rings (SSSR count). The molecular weight excluding hydrogens is 364 g/mol. The van der Waals surface area contributed by atoms with Gasteiger partial charge >= 0.3 is 0 Å². The molecule has 5 heteroatoms. The van der Waals surface area contributed by atoms with Crippen molar-refractivity contribution in [1.82, 2.24) is 10.6 Å². The fourth-order valence-electron chi connectivity index (χ4n) is 3.18. The Morgan fingerprint density at radius 3 is 2.59 bits per heavy atom. The molecule has 1 atom stereocenters. The Bertz CT molecular complexity index is 995. The van der Waals surface area contributed by atoms with Gasteiger partial charge in [0.15, 0.2) is 0 Å². The van der Waals surface area contributed by atoms with E-state index in [1.54, 1.807) is 6.92 Å². The summed E-state index contributed by atoms with van der Waals surface area (Å²) in [7, 11) is 0. The van der Waals surface area contributed by atoms with E-state index >= 15 is 0 Å². The summed E-state index contributed by atoms with van der Waals surface area (Å²) in [5, 5.41) is 7.70. The van der Waals surface area contributed by atoms with Gasteiger partial charge in [0.05, 0.1) is 13.0 Å². The summed E-state index contributed by atoms with van der Waals surface area (Å²) in [5.41, 5.74) is 2.06. The maximum absolute atomic E-state index is 12.4. The van der Waals surface area contributed by atoms with Gasteiger partial charge in [-0.1, -0.05) is 54.6 Å². The zero-order valence-electron chi connectivity index (χ0n) is 16.8. The average molecular weight is 390 g/mol. The Morgan fingerprint density at radius 2 is 1.76 bits per heavy atom. The molecule has 0 heterocycles. The number of aryl methyl sites for hydroxylation is 1. The van der Waals surface area contributed by atoms with E-state index in [4.69, 9.17) is 4.74 Å². The van der Waals surface area contributed by atoms with Crippen LogP contribution in [0.4, 0.5) is 0 Å². The number of carbonyl (C=O) groups is 2. The number of nitrogens with one attached hydrogen (secondary N) is 2. The Hall–Kier alpha value is -3.34. The summed E-state index contributed by atoms with van der Waals surface area (Å²) < 4.78 is 5.62. The highest BCUT2D eigenvalue weighted by atomic mass is 16.5. The highest BCUT2D eigenvalue weighted by molar-refractivity contribution is 5.92. The molecule has 0 aliphatic heterocycles. The lowest BCUT2D eigenvalue weighted by Gasteiger charge is -2.15. The lowest BCUT2D eigenvalue weighted by Crippen LogP contribution is -2.46. The van der Waals surface area contributed by atoms with Gasteiger partial charge in [0.2, 0.25) is 11.8 Å². The molecular formula is C24H26N2O3. The van der Waals surface area contributed by atoms with E-state index in [0.717, 1.165) is 27.6 Å². The van der Waals surface area contributed by atoms with E-state index in [9.17, 15) is 9.59 Å². The monoisotopic (exact) mass is 390 g/mol. The largest absolute Gasteiger partial charge is 0.492 e. The molecule has 0 fully saturated rings. The van der Waals surface area contributed by atoms with Crippen LogP contribution in [0, 0.1) is 6.92 Å². The van der Waals surface area contributed by atoms with E-state index < -0.39 is 6.04 Å². The molecule has 0 aliphatic carbocycles. The Kier molecular flexibility index (Phi) is 6.85. The molecule has 0 spiro atoms. The number of hydrogen-bond acceptors (Lipinski definition) is 3. The van der Waals surface area contributed by atoms with Crippen LogP contribution in [-0.4, -0.2) is 31.0 Å². The molecule has 0 aromatic heterocycles. The average Bonchev–Trinajstić information content (AvgIpc) is 2.71. The van der Waals surface area contributed by atoms with Crippen molar-refractivity contribution in [2.75, 3.05) is 13.2 Å². The third-order valence-electron chi connectivity index (χ3n) is 4.66. The Balaban J connectivity index is 1.44. The van der Waals surface area contributed by atoms with Crippen LogP contribution in [0.25, 0.3) is 10.8 Å². The molecule has 29 heavy (non-hydrogen) atoms. The van der Waals surface area contributed by atoms with Gasteiger partial charge in [0, 0.05) is 0 Å². The first-order valence-corrected chi connectivity index (χ1v) is 9.76. The first-order valence-electron chi connectivity index (χ1n) is 9.76. The van der Waals surface area contributed by atoms with Gasteiger partial charge in [-0.05, 0) is 47.9 Å². The van der Waals surface area contributed by atoms with Gasteiger partial charge < -0.3 is 15.4 Å². The molecule has 2 amide bonds. The second-order valence-electron chi connectivity index (χ2n) is 7.06. The first kappa shape index (κ1) is 20.4. The summed E-state index contributed by atoms with van der Waals surface area (Å²) in [5.74, 6) is 0.361. The maximum Gasteiger partial charge on any atom is 0.242 e.